The molecule has 0 saturated carbocycles. The van der Waals surface area contributed by atoms with Crippen LogP contribution in [0.5, 0.6) is 5.75 Å². The Balaban J connectivity index is 1.56. The number of nitrogens with one attached hydrogen (secondary N) is 1. The molecule has 1 N–H and O–H groups in total. The molecule has 0 aliphatic rings. The molecule has 160 valence electrons. The Labute approximate surface area is 187 Å². The van der Waals surface area contributed by atoms with Gasteiger partial charge in [-0.2, -0.15) is 0 Å². The molecule has 0 amide bonds. The zero-order valence-corrected chi connectivity index (χ0v) is 17.6. The van der Waals surface area contributed by atoms with Crippen LogP contribution in [-0.4, -0.2) is 14.7 Å². The average Bonchev–Trinajstić information content (AvgIpc) is 3.07. The van der Waals surface area contributed by atoms with Gasteiger partial charge in [0.25, 0.3) is 11.2 Å². The van der Waals surface area contributed by atoms with Crippen molar-refractivity contribution in [3.05, 3.63) is 120 Å². The van der Waals surface area contributed by atoms with Crippen LogP contribution in [0, 0.1) is 10.1 Å². The zero-order chi connectivity index (χ0) is 22.7. The fraction of sp³-hybridized carbons (Fsp3) is 0.0417. The molecule has 8 heteroatoms. The Bertz CT molecular complexity index is 1440. The van der Waals surface area contributed by atoms with Gasteiger partial charge in [-0.15, -0.1) is 0 Å². The summed E-state index contributed by atoms with van der Waals surface area (Å²) in [6, 6.07) is 20.6. The Morgan fingerprint density at radius 2 is 1.81 bits per heavy atom. The molecule has 0 aliphatic heterocycles. The highest BCUT2D eigenvalue weighted by molar-refractivity contribution is 6.32. The second kappa shape index (κ2) is 8.95. The van der Waals surface area contributed by atoms with E-state index in [4.69, 9.17) is 16.3 Å². The van der Waals surface area contributed by atoms with Crippen molar-refractivity contribution in [1.82, 2.24) is 9.78 Å². The normalized spacial score (nSPS) is 11.5. The number of nitro groups is 1. The number of hydrogen-bond acceptors (Lipinski definition) is 4. The van der Waals surface area contributed by atoms with E-state index in [9.17, 15) is 14.9 Å². The van der Waals surface area contributed by atoms with Gasteiger partial charge in [0.15, 0.2) is 0 Å². The summed E-state index contributed by atoms with van der Waals surface area (Å²) in [6.07, 6.45) is 1.71. The van der Waals surface area contributed by atoms with E-state index in [1.165, 1.54) is 16.8 Å². The third-order valence-corrected chi connectivity index (χ3v) is 5.12. The lowest BCUT2D eigenvalue weighted by molar-refractivity contribution is -0.384. The highest BCUT2D eigenvalue weighted by Crippen LogP contribution is 2.26. The number of nitrogens with zero attached hydrogens (tertiary/aromatic N) is 2. The molecule has 3 aromatic carbocycles. The lowest BCUT2D eigenvalue weighted by Gasteiger charge is -2.08. The zero-order valence-electron chi connectivity index (χ0n) is 16.8. The van der Waals surface area contributed by atoms with Crippen molar-refractivity contribution in [2.45, 2.75) is 6.61 Å². The number of para-hydroxylation sites is 1. The maximum atomic E-state index is 12.8. The first-order valence-electron chi connectivity index (χ1n) is 9.65. The van der Waals surface area contributed by atoms with Gasteiger partial charge in [0.05, 0.1) is 26.2 Å². The molecule has 4 rings (SSSR count). The first-order chi connectivity index (χ1) is 15.4. The minimum atomic E-state index is -0.451. The van der Waals surface area contributed by atoms with E-state index in [2.05, 4.69) is 11.7 Å². The fourth-order valence-corrected chi connectivity index (χ4v) is 3.41. The molecule has 7 nitrogen and oxygen atoms in total. The molecule has 0 bridgehead atoms. The fourth-order valence-electron chi connectivity index (χ4n) is 3.17. The summed E-state index contributed by atoms with van der Waals surface area (Å²) in [5.74, 6) is 0.466. The number of H-pyrrole nitrogens is 1. The van der Waals surface area contributed by atoms with Gasteiger partial charge in [-0.05, 0) is 53.6 Å². The number of benzene rings is 3. The molecule has 0 saturated heterocycles. The average molecular weight is 448 g/mol. The van der Waals surface area contributed by atoms with E-state index in [-0.39, 0.29) is 17.9 Å². The highest BCUT2D eigenvalue weighted by Gasteiger charge is 2.08. The number of nitro benzene ring substituents is 1. The van der Waals surface area contributed by atoms with E-state index in [0.717, 1.165) is 16.8 Å². The monoisotopic (exact) mass is 447 g/mol. The molecule has 0 unspecified atom stereocenters. The van der Waals surface area contributed by atoms with Gasteiger partial charge in [-0.1, -0.05) is 42.4 Å². The van der Waals surface area contributed by atoms with Crippen LogP contribution < -0.4 is 20.9 Å². The molecular formula is C24H18ClN3O4. The number of halogens is 1. The van der Waals surface area contributed by atoms with Crippen LogP contribution in [0.25, 0.3) is 18.3 Å². The Morgan fingerprint density at radius 1 is 1.09 bits per heavy atom. The lowest BCUT2D eigenvalue weighted by atomic mass is 10.2. The molecular weight excluding hydrogens is 430 g/mol. The smallest absolute Gasteiger partial charge is 0.279 e. The topological polar surface area (TPSA) is 90.2 Å². The predicted molar refractivity (Wildman–Crippen MR) is 124 cm³/mol. The SMILES string of the molecule is C=c1[nH]n(-c2ccccc2)c(=O)/c1=C\c1ccc(OCc2ccc([N+](=O)[O-])cc2)c(Cl)c1. The third-order valence-electron chi connectivity index (χ3n) is 4.83. The van der Waals surface area contributed by atoms with Crippen molar-refractivity contribution in [2.24, 2.45) is 0 Å². The van der Waals surface area contributed by atoms with E-state index >= 15 is 0 Å². The van der Waals surface area contributed by atoms with Crippen molar-refractivity contribution < 1.29 is 9.66 Å². The van der Waals surface area contributed by atoms with E-state index in [1.807, 2.05) is 30.3 Å². The van der Waals surface area contributed by atoms with Crippen LogP contribution >= 0.6 is 11.6 Å². The second-order valence-electron chi connectivity index (χ2n) is 7.03. The summed E-state index contributed by atoms with van der Waals surface area (Å²) in [4.78, 5) is 23.1. The molecule has 4 aromatic rings. The van der Waals surface area contributed by atoms with Crippen LogP contribution in [-0.2, 0) is 6.61 Å². The first-order valence-corrected chi connectivity index (χ1v) is 10.0. The molecule has 32 heavy (non-hydrogen) atoms. The summed E-state index contributed by atoms with van der Waals surface area (Å²) < 4.78 is 7.18. The van der Waals surface area contributed by atoms with Gasteiger partial charge in [0.2, 0.25) is 0 Å². The summed E-state index contributed by atoms with van der Waals surface area (Å²) in [7, 11) is 0. The predicted octanol–water partition coefficient (Wildman–Crippen LogP) is 3.55. The first kappa shape index (κ1) is 21.1. The van der Waals surface area contributed by atoms with Crippen molar-refractivity contribution in [1.29, 1.82) is 0 Å². The number of hydrogen-bond donors (Lipinski definition) is 1. The summed E-state index contributed by atoms with van der Waals surface area (Å²) >= 11 is 6.37. The van der Waals surface area contributed by atoms with Crippen LogP contribution in [0.3, 0.4) is 0 Å². The highest BCUT2D eigenvalue weighted by atomic mass is 35.5. The van der Waals surface area contributed by atoms with Crippen molar-refractivity contribution >= 4 is 29.9 Å². The summed E-state index contributed by atoms with van der Waals surface area (Å²) in [5, 5.41) is 15.0. The third kappa shape index (κ3) is 4.48. The van der Waals surface area contributed by atoms with Gasteiger partial charge < -0.3 is 4.74 Å². The molecule has 1 aromatic heterocycles. The van der Waals surface area contributed by atoms with Crippen molar-refractivity contribution in [3.8, 4) is 11.4 Å². The molecule has 0 spiro atoms. The van der Waals surface area contributed by atoms with Gasteiger partial charge in [0.1, 0.15) is 12.4 Å². The molecule has 0 atom stereocenters. The van der Waals surface area contributed by atoms with E-state index in [0.29, 0.717) is 21.3 Å². The minimum Gasteiger partial charge on any atom is -0.487 e. The summed E-state index contributed by atoms with van der Waals surface area (Å²) in [6.45, 7) is 4.15. The maximum absolute atomic E-state index is 12.8. The van der Waals surface area contributed by atoms with Crippen LogP contribution in [0.15, 0.2) is 77.6 Å². The second-order valence-corrected chi connectivity index (χ2v) is 7.43. The number of rotatable bonds is 6. The Morgan fingerprint density at radius 3 is 2.47 bits per heavy atom. The minimum absolute atomic E-state index is 0.0209. The number of aromatic amines is 1. The van der Waals surface area contributed by atoms with Gasteiger partial charge in [-0.25, -0.2) is 4.68 Å². The molecule has 0 aliphatic carbocycles. The van der Waals surface area contributed by atoms with E-state index in [1.54, 1.807) is 36.4 Å². The number of non-ortho nitro benzene ring substituents is 1. The van der Waals surface area contributed by atoms with Crippen molar-refractivity contribution in [2.75, 3.05) is 0 Å². The van der Waals surface area contributed by atoms with E-state index < -0.39 is 4.92 Å². The Hall–Kier alpha value is -4.10. The quantitative estimate of drug-likeness (QED) is 0.361. The maximum Gasteiger partial charge on any atom is 0.279 e. The number of aromatic nitrogens is 2. The lowest BCUT2D eigenvalue weighted by Crippen LogP contribution is -2.33. The van der Waals surface area contributed by atoms with Crippen molar-refractivity contribution in [3.63, 3.8) is 0 Å². The molecule has 0 fully saturated rings. The van der Waals surface area contributed by atoms with Crippen LogP contribution in [0.4, 0.5) is 5.69 Å². The van der Waals surface area contributed by atoms with Gasteiger partial charge >= 0.3 is 0 Å². The number of ether oxygens (including phenoxy) is 1. The molecule has 1 heterocycles. The summed E-state index contributed by atoms with van der Waals surface area (Å²) in [5.41, 5.74) is 2.02. The largest absolute Gasteiger partial charge is 0.487 e. The van der Waals surface area contributed by atoms with Crippen LogP contribution in [0.1, 0.15) is 11.1 Å². The Kier molecular flexibility index (Phi) is 5.91. The molecule has 0 radical (unpaired) electrons. The standard InChI is InChI=1S/C24H18ClN3O4/c1-16-21(24(29)27(26-16)19-5-3-2-4-6-19)13-18-9-12-23(22(25)14-18)32-15-17-7-10-20(11-8-17)28(30)31/h2-14,26H,1,15H2/b21-13-. The van der Waals surface area contributed by atoms with Gasteiger partial charge in [-0.3, -0.25) is 20.0 Å². The van der Waals surface area contributed by atoms with Crippen LogP contribution in [0.2, 0.25) is 5.02 Å². The van der Waals surface area contributed by atoms with Gasteiger partial charge in [0, 0.05) is 12.1 Å².